The summed E-state index contributed by atoms with van der Waals surface area (Å²) in [5, 5.41) is 9.92. The first-order valence-corrected chi connectivity index (χ1v) is 7.06. The van der Waals surface area contributed by atoms with Gasteiger partial charge in [0.1, 0.15) is 0 Å². The van der Waals surface area contributed by atoms with E-state index in [0.29, 0.717) is 11.5 Å². The number of piperazine rings is 1. The van der Waals surface area contributed by atoms with Crippen LogP contribution in [-0.2, 0) is 6.54 Å². The molecule has 0 spiro atoms. The van der Waals surface area contributed by atoms with E-state index in [0.717, 1.165) is 44.8 Å². The van der Waals surface area contributed by atoms with Crippen molar-refractivity contribution in [1.29, 1.82) is 0 Å². The maximum atomic E-state index is 9.92. The standard InChI is InChI=1S/C15H24N2O3/c1-4-16-5-7-17(8-6-16)11-12-9-13(19-2)15(18)14(10-12)20-3/h9-10,18H,4-8,11H2,1-3H3. The average molecular weight is 280 g/mol. The highest BCUT2D eigenvalue weighted by Gasteiger charge is 2.17. The third-order valence-corrected chi connectivity index (χ3v) is 3.86. The lowest BCUT2D eigenvalue weighted by Crippen LogP contribution is -2.45. The van der Waals surface area contributed by atoms with Crippen molar-refractivity contribution < 1.29 is 14.6 Å². The number of methoxy groups -OCH3 is 2. The number of nitrogens with zero attached hydrogens (tertiary/aromatic N) is 2. The molecule has 0 radical (unpaired) electrons. The van der Waals surface area contributed by atoms with Crippen molar-refractivity contribution in [2.75, 3.05) is 46.9 Å². The van der Waals surface area contributed by atoms with Crippen molar-refractivity contribution in [2.24, 2.45) is 0 Å². The summed E-state index contributed by atoms with van der Waals surface area (Å²) < 4.78 is 10.4. The Labute approximate surface area is 120 Å². The Morgan fingerprint density at radius 3 is 1.95 bits per heavy atom. The molecule has 0 unspecified atom stereocenters. The molecule has 2 rings (SSSR count). The molecule has 1 heterocycles. The zero-order valence-electron chi connectivity index (χ0n) is 12.6. The zero-order valence-corrected chi connectivity index (χ0v) is 12.6. The van der Waals surface area contributed by atoms with Crippen LogP contribution < -0.4 is 9.47 Å². The summed E-state index contributed by atoms with van der Waals surface area (Å²) in [6.45, 7) is 8.54. The first kappa shape index (κ1) is 14.9. The van der Waals surface area contributed by atoms with Gasteiger partial charge in [0.25, 0.3) is 0 Å². The van der Waals surface area contributed by atoms with Crippen LogP contribution in [0.15, 0.2) is 12.1 Å². The fraction of sp³-hybridized carbons (Fsp3) is 0.600. The van der Waals surface area contributed by atoms with Crippen molar-refractivity contribution in [3.8, 4) is 17.2 Å². The SMILES string of the molecule is CCN1CCN(Cc2cc(OC)c(O)c(OC)c2)CC1. The third-order valence-electron chi connectivity index (χ3n) is 3.86. The van der Waals surface area contributed by atoms with Gasteiger partial charge in [-0.3, -0.25) is 4.90 Å². The summed E-state index contributed by atoms with van der Waals surface area (Å²) in [7, 11) is 3.11. The molecule has 1 N–H and O–H groups in total. The first-order chi connectivity index (χ1) is 9.67. The number of phenolic OH excluding ortho intramolecular Hbond substituents is 1. The number of hydrogen-bond donors (Lipinski definition) is 1. The van der Waals surface area contributed by atoms with E-state index in [2.05, 4.69) is 16.7 Å². The number of ether oxygens (including phenoxy) is 2. The van der Waals surface area contributed by atoms with Gasteiger partial charge in [-0.25, -0.2) is 0 Å². The smallest absolute Gasteiger partial charge is 0.200 e. The van der Waals surface area contributed by atoms with Crippen LogP contribution in [0.5, 0.6) is 17.2 Å². The van der Waals surface area contributed by atoms with E-state index >= 15 is 0 Å². The van der Waals surface area contributed by atoms with Gasteiger partial charge in [0.2, 0.25) is 5.75 Å². The molecular weight excluding hydrogens is 256 g/mol. The molecule has 1 aliphatic heterocycles. The van der Waals surface area contributed by atoms with E-state index in [9.17, 15) is 5.11 Å². The number of rotatable bonds is 5. The number of phenols is 1. The zero-order chi connectivity index (χ0) is 14.5. The molecule has 1 aliphatic rings. The molecule has 1 aromatic rings. The van der Waals surface area contributed by atoms with Gasteiger partial charge in [-0.05, 0) is 24.2 Å². The molecule has 5 nitrogen and oxygen atoms in total. The molecule has 0 amide bonds. The largest absolute Gasteiger partial charge is 0.502 e. The van der Waals surface area contributed by atoms with E-state index in [4.69, 9.17) is 9.47 Å². The van der Waals surface area contributed by atoms with E-state index in [1.54, 1.807) is 14.2 Å². The lowest BCUT2D eigenvalue weighted by Gasteiger charge is -2.34. The molecule has 0 aliphatic carbocycles. The van der Waals surface area contributed by atoms with Crippen LogP contribution >= 0.6 is 0 Å². The number of benzene rings is 1. The Balaban J connectivity index is 2.06. The topological polar surface area (TPSA) is 45.2 Å². The van der Waals surface area contributed by atoms with Gasteiger partial charge in [-0.1, -0.05) is 6.92 Å². The second kappa shape index (κ2) is 6.81. The summed E-state index contributed by atoms with van der Waals surface area (Å²) in [6, 6.07) is 3.76. The molecule has 0 aromatic heterocycles. The van der Waals surface area contributed by atoms with E-state index in [-0.39, 0.29) is 5.75 Å². The second-order valence-corrected chi connectivity index (χ2v) is 5.06. The molecule has 20 heavy (non-hydrogen) atoms. The van der Waals surface area contributed by atoms with Crippen molar-refractivity contribution in [1.82, 2.24) is 9.80 Å². The summed E-state index contributed by atoms with van der Waals surface area (Å²) in [5.74, 6) is 0.993. The predicted octanol–water partition coefficient (Wildman–Crippen LogP) is 1.55. The third kappa shape index (κ3) is 3.35. The maximum absolute atomic E-state index is 9.92. The van der Waals surface area contributed by atoms with Gasteiger partial charge in [0, 0.05) is 32.7 Å². The van der Waals surface area contributed by atoms with Gasteiger partial charge >= 0.3 is 0 Å². The number of likely N-dealkylation sites (N-methyl/N-ethyl adjacent to an activating group) is 1. The summed E-state index contributed by atoms with van der Waals surface area (Å²) in [5.41, 5.74) is 1.10. The highest BCUT2D eigenvalue weighted by Crippen LogP contribution is 2.37. The molecule has 1 fully saturated rings. The van der Waals surface area contributed by atoms with Crippen LogP contribution in [-0.4, -0.2) is 61.8 Å². The summed E-state index contributed by atoms with van der Waals surface area (Å²) in [4.78, 5) is 4.87. The van der Waals surface area contributed by atoms with Crippen molar-refractivity contribution >= 4 is 0 Å². The van der Waals surface area contributed by atoms with Crippen molar-refractivity contribution in [2.45, 2.75) is 13.5 Å². The van der Waals surface area contributed by atoms with Crippen LogP contribution in [0.25, 0.3) is 0 Å². The molecule has 0 saturated carbocycles. The van der Waals surface area contributed by atoms with E-state index in [1.807, 2.05) is 12.1 Å². The van der Waals surface area contributed by atoms with E-state index in [1.165, 1.54) is 0 Å². The van der Waals surface area contributed by atoms with Gasteiger partial charge in [-0.15, -0.1) is 0 Å². The quantitative estimate of drug-likeness (QED) is 0.886. The van der Waals surface area contributed by atoms with Crippen LogP contribution in [0, 0.1) is 0 Å². The molecule has 1 saturated heterocycles. The normalized spacial score (nSPS) is 17.1. The highest BCUT2D eigenvalue weighted by atomic mass is 16.5. The highest BCUT2D eigenvalue weighted by molar-refractivity contribution is 5.52. The monoisotopic (exact) mass is 280 g/mol. The minimum absolute atomic E-state index is 0.0644. The lowest BCUT2D eigenvalue weighted by atomic mass is 10.1. The maximum Gasteiger partial charge on any atom is 0.200 e. The van der Waals surface area contributed by atoms with Crippen molar-refractivity contribution in [3.63, 3.8) is 0 Å². The first-order valence-electron chi connectivity index (χ1n) is 7.06. The molecule has 0 atom stereocenters. The van der Waals surface area contributed by atoms with E-state index < -0.39 is 0 Å². The average Bonchev–Trinajstić information content (AvgIpc) is 2.49. The Kier molecular flexibility index (Phi) is 5.09. The van der Waals surface area contributed by atoms with Crippen LogP contribution in [0.4, 0.5) is 0 Å². The second-order valence-electron chi connectivity index (χ2n) is 5.06. The molecule has 1 aromatic carbocycles. The lowest BCUT2D eigenvalue weighted by molar-refractivity contribution is 0.131. The van der Waals surface area contributed by atoms with Crippen LogP contribution in [0.2, 0.25) is 0 Å². The number of aromatic hydroxyl groups is 1. The Morgan fingerprint density at radius 2 is 1.50 bits per heavy atom. The molecular formula is C15H24N2O3. The van der Waals surface area contributed by atoms with Crippen LogP contribution in [0.3, 0.4) is 0 Å². The molecule has 5 heteroatoms. The molecule has 0 bridgehead atoms. The number of hydrogen-bond acceptors (Lipinski definition) is 5. The Bertz CT molecular complexity index is 418. The Morgan fingerprint density at radius 1 is 1.00 bits per heavy atom. The van der Waals surface area contributed by atoms with Crippen molar-refractivity contribution in [3.05, 3.63) is 17.7 Å². The van der Waals surface area contributed by atoms with Gasteiger partial charge in [-0.2, -0.15) is 0 Å². The van der Waals surface area contributed by atoms with Gasteiger partial charge in [0.05, 0.1) is 14.2 Å². The minimum Gasteiger partial charge on any atom is -0.502 e. The predicted molar refractivity (Wildman–Crippen MR) is 78.6 cm³/mol. The fourth-order valence-electron chi connectivity index (χ4n) is 2.56. The van der Waals surface area contributed by atoms with Gasteiger partial charge < -0.3 is 19.5 Å². The minimum atomic E-state index is 0.0644. The molecule has 112 valence electrons. The van der Waals surface area contributed by atoms with Gasteiger partial charge in [0.15, 0.2) is 11.5 Å². The summed E-state index contributed by atoms with van der Waals surface area (Å²) in [6.07, 6.45) is 0. The fourth-order valence-corrected chi connectivity index (χ4v) is 2.56. The summed E-state index contributed by atoms with van der Waals surface area (Å²) >= 11 is 0. The Hall–Kier alpha value is -1.46. The van der Waals surface area contributed by atoms with Crippen LogP contribution in [0.1, 0.15) is 12.5 Å².